The quantitative estimate of drug-likeness (QED) is 0.141. The summed E-state index contributed by atoms with van der Waals surface area (Å²) in [4.78, 5) is 15.6. The molecule has 0 fully saturated rings. The number of pyridine rings is 1. The van der Waals surface area contributed by atoms with Gasteiger partial charge in [0.25, 0.3) is 6.71 Å². The van der Waals surface area contributed by atoms with E-state index in [1.54, 1.807) is 0 Å². The molecule has 13 rings (SSSR count). The highest BCUT2D eigenvalue weighted by Gasteiger charge is 2.45. The van der Waals surface area contributed by atoms with Crippen molar-refractivity contribution in [1.82, 2.24) is 4.98 Å². The first-order chi connectivity index (χ1) is 39.6. The normalized spacial score (nSPS) is 13.3. The third-order valence-corrected chi connectivity index (χ3v) is 17.1. The molecular formula is C76H74BN5O. The van der Waals surface area contributed by atoms with Gasteiger partial charge in [-0.1, -0.05) is 192 Å². The van der Waals surface area contributed by atoms with E-state index in [1.807, 2.05) is 0 Å². The Labute approximate surface area is 491 Å². The van der Waals surface area contributed by atoms with Gasteiger partial charge in [-0.15, -0.1) is 0 Å². The van der Waals surface area contributed by atoms with Crippen LogP contribution in [0.4, 0.5) is 68.5 Å². The summed E-state index contributed by atoms with van der Waals surface area (Å²) < 4.78 is 7.01. The smallest absolute Gasteiger partial charge is 0.254 e. The Morgan fingerprint density at radius 2 is 0.843 bits per heavy atom. The van der Waals surface area contributed by atoms with E-state index in [0.29, 0.717) is 0 Å². The van der Waals surface area contributed by atoms with E-state index in [2.05, 4.69) is 322 Å². The molecule has 2 aliphatic heterocycles. The molecule has 0 saturated carbocycles. The van der Waals surface area contributed by atoms with Crippen LogP contribution >= 0.6 is 0 Å². The predicted octanol–water partition coefficient (Wildman–Crippen LogP) is 19.5. The maximum atomic E-state index is 7.01. The molecule has 0 aliphatic carbocycles. The zero-order valence-corrected chi connectivity index (χ0v) is 50.4. The molecular weight excluding hydrogens is 1010 g/mol. The fraction of sp³-hybridized carbons (Fsp3) is 0.224. The zero-order valence-electron chi connectivity index (χ0n) is 50.4. The van der Waals surface area contributed by atoms with Crippen molar-refractivity contribution in [3.05, 3.63) is 240 Å². The lowest BCUT2D eigenvalue weighted by atomic mass is 9.33. The van der Waals surface area contributed by atoms with Crippen LogP contribution in [-0.4, -0.2) is 11.7 Å². The Kier molecular flexibility index (Phi) is 12.7. The highest BCUT2D eigenvalue weighted by atomic mass is 16.3. The van der Waals surface area contributed by atoms with Crippen molar-refractivity contribution in [1.29, 1.82) is 0 Å². The first-order valence-electron chi connectivity index (χ1n) is 29.5. The second kappa shape index (κ2) is 19.7. The molecule has 0 saturated heterocycles. The number of aromatic nitrogens is 1. The van der Waals surface area contributed by atoms with Crippen molar-refractivity contribution in [2.75, 3.05) is 19.6 Å². The number of para-hydroxylation sites is 3. The van der Waals surface area contributed by atoms with Crippen molar-refractivity contribution in [2.45, 2.75) is 112 Å². The van der Waals surface area contributed by atoms with Gasteiger partial charge in [-0.2, -0.15) is 0 Å². The van der Waals surface area contributed by atoms with Crippen LogP contribution < -0.4 is 36.0 Å². The number of fused-ring (bicyclic) bond motifs is 7. The van der Waals surface area contributed by atoms with Crippen LogP contribution in [0.1, 0.15) is 111 Å². The molecule has 0 unspecified atom stereocenters. The fourth-order valence-corrected chi connectivity index (χ4v) is 12.5. The summed E-state index contributed by atoms with van der Waals surface area (Å²) in [5.41, 5.74) is 22.2. The third-order valence-electron chi connectivity index (χ3n) is 17.1. The van der Waals surface area contributed by atoms with Gasteiger partial charge in [0.15, 0.2) is 5.58 Å². The highest BCUT2D eigenvalue weighted by molar-refractivity contribution is 7.00. The fourth-order valence-electron chi connectivity index (χ4n) is 12.5. The zero-order chi connectivity index (χ0) is 57.9. The maximum absolute atomic E-state index is 7.01. The molecule has 0 radical (unpaired) electrons. The van der Waals surface area contributed by atoms with Crippen LogP contribution in [0.15, 0.2) is 217 Å². The standard InChI is InChI=1S/C76H74BN5O/c1-49-46-66-70-67(47-49)82(64-24-19-23-61-60-22-17-18-25-68(60)83-71(61)64)65-48-59(79(55-34-26-50(27-35-55)73(2,3)4)56-36-28-51(29-37-56)74(5,6)7)42-43-62(65)77(70)63-44-45-69(78-72(63)81(66)54-20-15-14-16-21-54)80(57-38-30-52(31-39-57)75(8,9)10)58-40-32-53(33-41-58)76(11,12)13/h14-48H,1-13H3. The summed E-state index contributed by atoms with van der Waals surface area (Å²) in [5, 5.41) is 2.18. The number of furan rings is 1. The summed E-state index contributed by atoms with van der Waals surface area (Å²) >= 11 is 0. The van der Waals surface area contributed by atoms with Crippen LogP contribution in [-0.2, 0) is 21.7 Å². The Hall–Kier alpha value is -8.81. The van der Waals surface area contributed by atoms with E-state index in [-0.39, 0.29) is 28.4 Å². The molecule has 9 aromatic carbocycles. The van der Waals surface area contributed by atoms with Gasteiger partial charge in [-0.05, 0) is 176 Å². The summed E-state index contributed by atoms with van der Waals surface area (Å²) in [5.74, 6) is 1.73. The SMILES string of the molecule is Cc1cc2c3c(c1)N(c1cccc4c1oc1ccccc14)c1cc(N(c4ccc(C(C)(C)C)cc4)c4ccc(C(C)(C)C)cc4)ccc1B3c1ccc(N(c3ccc(C(C)(C)C)cc3)c3ccc(C(C)(C)C)cc3)nc1N2c1ccccc1. The van der Waals surface area contributed by atoms with Gasteiger partial charge in [0.1, 0.15) is 17.2 Å². The molecule has 11 aromatic rings. The predicted molar refractivity (Wildman–Crippen MR) is 354 cm³/mol. The monoisotopic (exact) mass is 1080 g/mol. The van der Waals surface area contributed by atoms with Gasteiger partial charge in [0.2, 0.25) is 0 Å². The van der Waals surface area contributed by atoms with E-state index in [4.69, 9.17) is 9.40 Å². The number of hydrogen-bond acceptors (Lipinski definition) is 6. The summed E-state index contributed by atoms with van der Waals surface area (Å²) in [6, 6.07) is 78.8. The molecule has 0 spiro atoms. The Balaban J connectivity index is 1.07. The van der Waals surface area contributed by atoms with Gasteiger partial charge >= 0.3 is 0 Å². The minimum absolute atomic E-state index is 0.00123. The molecule has 2 aromatic heterocycles. The minimum atomic E-state index is -0.191. The van der Waals surface area contributed by atoms with E-state index in [1.165, 1.54) is 33.2 Å². The van der Waals surface area contributed by atoms with Crippen molar-refractivity contribution in [2.24, 2.45) is 0 Å². The lowest BCUT2D eigenvalue weighted by molar-refractivity contribution is 0.590. The van der Waals surface area contributed by atoms with E-state index in [0.717, 1.165) is 101 Å². The van der Waals surface area contributed by atoms with Crippen LogP contribution in [0.5, 0.6) is 0 Å². The van der Waals surface area contributed by atoms with Gasteiger partial charge in [-0.3, -0.25) is 9.80 Å². The summed E-state index contributed by atoms with van der Waals surface area (Å²) in [6.45, 7) is 29.4. The molecule has 7 heteroatoms. The van der Waals surface area contributed by atoms with Crippen LogP contribution in [0.25, 0.3) is 21.9 Å². The average molecular weight is 1080 g/mol. The second-order valence-corrected chi connectivity index (χ2v) is 27.1. The van der Waals surface area contributed by atoms with Gasteiger partial charge in [0.05, 0.1) is 5.69 Å². The van der Waals surface area contributed by atoms with Gasteiger partial charge in [0, 0.05) is 62.0 Å². The topological polar surface area (TPSA) is 39.0 Å². The molecule has 0 bridgehead atoms. The van der Waals surface area contributed by atoms with Crippen molar-refractivity contribution < 1.29 is 4.42 Å². The molecule has 83 heavy (non-hydrogen) atoms. The number of hydrogen-bond donors (Lipinski definition) is 0. The number of nitrogens with zero attached hydrogens (tertiary/aromatic N) is 5. The lowest BCUT2D eigenvalue weighted by Gasteiger charge is -2.44. The van der Waals surface area contributed by atoms with Crippen molar-refractivity contribution >= 4 is 114 Å². The Morgan fingerprint density at radius 1 is 0.386 bits per heavy atom. The molecule has 0 atom stereocenters. The molecule has 0 amide bonds. The van der Waals surface area contributed by atoms with E-state index >= 15 is 0 Å². The first kappa shape index (κ1) is 53.5. The van der Waals surface area contributed by atoms with Crippen molar-refractivity contribution in [3.8, 4) is 0 Å². The Morgan fingerprint density at radius 3 is 1.37 bits per heavy atom. The average Bonchev–Trinajstić information content (AvgIpc) is 1.46. The van der Waals surface area contributed by atoms with Crippen LogP contribution in [0.3, 0.4) is 0 Å². The highest BCUT2D eigenvalue weighted by Crippen LogP contribution is 2.50. The number of anilines is 12. The van der Waals surface area contributed by atoms with Crippen molar-refractivity contribution in [3.63, 3.8) is 0 Å². The molecule has 412 valence electrons. The molecule has 4 heterocycles. The van der Waals surface area contributed by atoms with Crippen LogP contribution in [0, 0.1) is 6.92 Å². The van der Waals surface area contributed by atoms with E-state index < -0.39 is 0 Å². The number of aryl methyl sites for hydroxylation is 1. The maximum Gasteiger partial charge on any atom is 0.254 e. The summed E-state index contributed by atoms with van der Waals surface area (Å²) in [7, 11) is 0. The third kappa shape index (κ3) is 9.44. The number of rotatable bonds is 8. The lowest BCUT2D eigenvalue weighted by Crippen LogP contribution is -2.61. The Bertz CT molecular complexity index is 4130. The summed E-state index contributed by atoms with van der Waals surface area (Å²) in [6.07, 6.45) is 0. The van der Waals surface area contributed by atoms with Crippen LogP contribution in [0.2, 0.25) is 0 Å². The van der Waals surface area contributed by atoms with Gasteiger partial charge < -0.3 is 14.2 Å². The first-order valence-corrected chi connectivity index (χ1v) is 29.5. The largest absolute Gasteiger partial charge is 0.454 e. The minimum Gasteiger partial charge on any atom is -0.454 e. The second-order valence-electron chi connectivity index (χ2n) is 27.1. The number of benzene rings is 9. The van der Waals surface area contributed by atoms with Gasteiger partial charge in [-0.25, -0.2) is 4.98 Å². The molecule has 6 nitrogen and oxygen atoms in total. The van der Waals surface area contributed by atoms with E-state index in [9.17, 15) is 0 Å². The molecule has 2 aliphatic rings. The molecule has 0 N–H and O–H groups in total.